The summed E-state index contributed by atoms with van der Waals surface area (Å²) in [6.45, 7) is 0. The molecule has 5 nitrogen and oxygen atoms in total. The van der Waals surface area contributed by atoms with Crippen molar-refractivity contribution in [3.05, 3.63) is 16.5 Å². The second-order valence-electron chi connectivity index (χ2n) is 4.27. The zero-order chi connectivity index (χ0) is 12.6. The van der Waals surface area contributed by atoms with Crippen molar-refractivity contribution >= 4 is 27.3 Å². The lowest BCUT2D eigenvalue weighted by molar-refractivity contribution is 0.0700. The predicted molar refractivity (Wildman–Crippen MR) is 63.7 cm³/mol. The molecule has 1 aliphatic rings. The van der Waals surface area contributed by atoms with Crippen LogP contribution in [0, 0.1) is 5.92 Å². The first-order valence-electron chi connectivity index (χ1n) is 5.26. The number of aromatic carboxylic acids is 1. The van der Waals surface area contributed by atoms with Gasteiger partial charge in [0.25, 0.3) is 0 Å². The van der Waals surface area contributed by atoms with Crippen LogP contribution in [-0.2, 0) is 16.4 Å². The maximum atomic E-state index is 11.2. The van der Waals surface area contributed by atoms with E-state index in [0.29, 0.717) is 17.9 Å². The first-order valence-corrected chi connectivity index (χ1v) is 7.63. The molecule has 0 unspecified atom stereocenters. The van der Waals surface area contributed by atoms with Crippen molar-refractivity contribution in [1.82, 2.24) is 0 Å². The number of sulfonamides is 1. The van der Waals surface area contributed by atoms with Crippen molar-refractivity contribution in [2.45, 2.75) is 29.9 Å². The van der Waals surface area contributed by atoms with Gasteiger partial charge in [-0.25, -0.2) is 18.4 Å². The fourth-order valence-corrected chi connectivity index (χ4v) is 3.67. The Balaban J connectivity index is 2.34. The number of hydrogen-bond donors (Lipinski definition) is 2. The first kappa shape index (κ1) is 12.5. The van der Waals surface area contributed by atoms with E-state index in [1.54, 1.807) is 0 Å². The van der Waals surface area contributed by atoms with Gasteiger partial charge < -0.3 is 5.11 Å². The second-order valence-corrected chi connectivity index (χ2v) is 7.11. The van der Waals surface area contributed by atoms with Gasteiger partial charge >= 0.3 is 5.97 Å². The average Bonchev–Trinajstić information content (AvgIpc) is 2.54. The SMILES string of the molecule is NS(=O)(=O)c1cc(CC2CCC2)c(C(=O)O)s1. The second kappa shape index (κ2) is 4.40. The lowest BCUT2D eigenvalue weighted by atomic mass is 9.81. The molecular weight excluding hydrogens is 262 g/mol. The van der Waals surface area contributed by atoms with Crippen molar-refractivity contribution in [2.75, 3.05) is 0 Å². The summed E-state index contributed by atoms with van der Waals surface area (Å²) in [6, 6.07) is 1.40. The number of nitrogens with two attached hydrogens (primary N) is 1. The largest absolute Gasteiger partial charge is 0.477 e. The molecule has 0 aromatic carbocycles. The molecule has 1 fully saturated rings. The quantitative estimate of drug-likeness (QED) is 0.868. The molecule has 1 aromatic rings. The van der Waals surface area contributed by atoms with Crippen LogP contribution >= 0.6 is 11.3 Å². The van der Waals surface area contributed by atoms with Gasteiger partial charge in [-0.05, 0) is 24.0 Å². The molecule has 3 N–H and O–H groups in total. The van der Waals surface area contributed by atoms with Crippen LogP contribution in [0.15, 0.2) is 10.3 Å². The van der Waals surface area contributed by atoms with Gasteiger partial charge in [0.15, 0.2) is 0 Å². The van der Waals surface area contributed by atoms with E-state index in [-0.39, 0.29) is 9.09 Å². The summed E-state index contributed by atoms with van der Waals surface area (Å²) in [5.41, 5.74) is 0.594. The van der Waals surface area contributed by atoms with Crippen LogP contribution in [0.1, 0.15) is 34.5 Å². The number of carbonyl (C=O) groups is 1. The Morgan fingerprint density at radius 1 is 1.53 bits per heavy atom. The van der Waals surface area contributed by atoms with Crippen molar-refractivity contribution in [3.8, 4) is 0 Å². The molecule has 94 valence electrons. The number of thiophene rings is 1. The van der Waals surface area contributed by atoms with Crippen LogP contribution < -0.4 is 5.14 Å². The van der Waals surface area contributed by atoms with E-state index in [1.165, 1.54) is 12.5 Å². The Bertz CT molecular complexity index is 543. The fourth-order valence-electron chi connectivity index (χ4n) is 1.88. The molecule has 0 bridgehead atoms. The Hall–Kier alpha value is -0.920. The third kappa shape index (κ3) is 2.67. The molecule has 7 heteroatoms. The van der Waals surface area contributed by atoms with Gasteiger partial charge in [0.1, 0.15) is 9.09 Å². The molecule has 1 heterocycles. The van der Waals surface area contributed by atoms with Crippen molar-refractivity contribution < 1.29 is 18.3 Å². The molecular formula is C10H13NO4S2. The molecule has 0 spiro atoms. The standard InChI is InChI=1S/C10H13NO4S2/c11-17(14,15)8-5-7(4-6-2-1-3-6)9(16-8)10(12)13/h5-6H,1-4H2,(H,12,13)(H2,11,14,15). The van der Waals surface area contributed by atoms with E-state index < -0.39 is 16.0 Å². The first-order chi connectivity index (χ1) is 7.88. The Kier molecular flexibility index (Phi) is 3.24. The van der Waals surface area contributed by atoms with Gasteiger partial charge in [-0.15, -0.1) is 11.3 Å². The highest BCUT2D eigenvalue weighted by molar-refractivity contribution is 7.91. The zero-order valence-corrected chi connectivity index (χ0v) is 10.7. The minimum absolute atomic E-state index is 0.0655. The zero-order valence-electron chi connectivity index (χ0n) is 9.05. The molecule has 0 atom stereocenters. The molecule has 2 rings (SSSR count). The predicted octanol–water partition coefficient (Wildman–Crippen LogP) is 1.44. The lowest BCUT2D eigenvalue weighted by Crippen LogP contribution is -2.14. The van der Waals surface area contributed by atoms with Crippen molar-refractivity contribution in [2.24, 2.45) is 11.1 Å². The minimum Gasteiger partial charge on any atom is -0.477 e. The number of carboxylic acids is 1. The van der Waals surface area contributed by atoms with Crippen LogP contribution in [0.2, 0.25) is 0 Å². The minimum atomic E-state index is -3.81. The van der Waals surface area contributed by atoms with Gasteiger partial charge in [0, 0.05) is 0 Å². The molecule has 0 amide bonds. The highest BCUT2D eigenvalue weighted by Gasteiger charge is 2.25. The molecule has 0 saturated heterocycles. The van der Waals surface area contributed by atoms with Crippen LogP contribution in [-0.4, -0.2) is 19.5 Å². The molecule has 1 saturated carbocycles. The maximum absolute atomic E-state index is 11.2. The van der Waals surface area contributed by atoms with E-state index >= 15 is 0 Å². The Morgan fingerprint density at radius 2 is 2.18 bits per heavy atom. The molecule has 0 radical (unpaired) electrons. The summed E-state index contributed by atoms with van der Waals surface area (Å²) in [6.07, 6.45) is 3.96. The van der Waals surface area contributed by atoms with Gasteiger partial charge in [-0.3, -0.25) is 0 Å². The van der Waals surface area contributed by atoms with Crippen LogP contribution in [0.3, 0.4) is 0 Å². The summed E-state index contributed by atoms with van der Waals surface area (Å²) in [7, 11) is -3.81. The van der Waals surface area contributed by atoms with E-state index in [4.69, 9.17) is 10.2 Å². The Labute approximate surface area is 103 Å². The van der Waals surface area contributed by atoms with E-state index in [0.717, 1.165) is 24.2 Å². The van der Waals surface area contributed by atoms with Gasteiger partial charge in [0.05, 0.1) is 0 Å². The smallest absolute Gasteiger partial charge is 0.346 e. The highest BCUT2D eigenvalue weighted by Crippen LogP contribution is 2.34. The van der Waals surface area contributed by atoms with Crippen LogP contribution in [0.5, 0.6) is 0 Å². The number of hydrogen-bond acceptors (Lipinski definition) is 4. The Morgan fingerprint density at radius 3 is 2.59 bits per heavy atom. The van der Waals surface area contributed by atoms with Crippen LogP contribution in [0.4, 0.5) is 0 Å². The summed E-state index contributed by atoms with van der Waals surface area (Å²) >= 11 is 0.739. The average molecular weight is 275 g/mol. The summed E-state index contributed by atoms with van der Waals surface area (Å²) in [5, 5.41) is 14.0. The third-order valence-corrected chi connectivity index (χ3v) is 5.58. The van der Waals surface area contributed by atoms with Crippen molar-refractivity contribution in [3.63, 3.8) is 0 Å². The molecule has 1 aromatic heterocycles. The summed E-state index contributed by atoms with van der Waals surface area (Å²) in [5.74, 6) is -0.602. The van der Waals surface area contributed by atoms with Gasteiger partial charge in [-0.2, -0.15) is 0 Å². The van der Waals surface area contributed by atoms with E-state index in [9.17, 15) is 13.2 Å². The number of carboxylic acid groups (broad SMARTS) is 1. The van der Waals surface area contributed by atoms with E-state index in [2.05, 4.69) is 0 Å². The number of primary sulfonamides is 1. The van der Waals surface area contributed by atoms with E-state index in [1.807, 2.05) is 0 Å². The van der Waals surface area contributed by atoms with Gasteiger partial charge in [0.2, 0.25) is 10.0 Å². The molecule has 0 aliphatic heterocycles. The molecule has 17 heavy (non-hydrogen) atoms. The van der Waals surface area contributed by atoms with Gasteiger partial charge in [-0.1, -0.05) is 19.3 Å². The maximum Gasteiger partial charge on any atom is 0.346 e. The highest BCUT2D eigenvalue weighted by atomic mass is 32.2. The van der Waals surface area contributed by atoms with Crippen molar-refractivity contribution in [1.29, 1.82) is 0 Å². The monoisotopic (exact) mass is 275 g/mol. The lowest BCUT2D eigenvalue weighted by Gasteiger charge is -2.24. The summed E-state index contributed by atoms with van der Waals surface area (Å²) < 4.78 is 22.3. The normalized spacial score (nSPS) is 16.8. The fraction of sp³-hybridized carbons (Fsp3) is 0.500. The third-order valence-electron chi connectivity index (χ3n) is 2.99. The van der Waals surface area contributed by atoms with Crippen LogP contribution in [0.25, 0.3) is 0 Å². The number of rotatable bonds is 4. The topological polar surface area (TPSA) is 97.5 Å². The summed E-state index contributed by atoms with van der Waals surface area (Å²) in [4.78, 5) is 11.1. The molecule has 1 aliphatic carbocycles.